The predicted molar refractivity (Wildman–Crippen MR) is 209 cm³/mol. The second-order valence-electron chi connectivity index (χ2n) is 12.6. The van der Waals surface area contributed by atoms with E-state index in [-0.39, 0.29) is 6.61 Å². The molecule has 0 aliphatic carbocycles. The minimum absolute atomic E-state index is 0.253. The molecule has 5 aromatic rings. The van der Waals surface area contributed by atoms with Gasteiger partial charge in [0.25, 0.3) is 0 Å². The van der Waals surface area contributed by atoms with Crippen LogP contribution in [0.4, 0.5) is 0 Å². The van der Waals surface area contributed by atoms with Gasteiger partial charge >= 0.3 is 0 Å². The molecule has 0 radical (unpaired) electrons. The number of halogens is 2. The Balaban J connectivity index is 1.42. The third-order valence-corrected chi connectivity index (χ3v) is 9.83. The first kappa shape index (κ1) is 38.0. The van der Waals surface area contributed by atoms with E-state index in [1.54, 1.807) is 6.08 Å². The molecule has 1 aliphatic rings. The number of hydrogen-bond acceptors (Lipinski definition) is 6. The Hall–Kier alpha value is -3.79. The average molecular weight is 784 g/mol. The van der Waals surface area contributed by atoms with Gasteiger partial charge in [-0.1, -0.05) is 162 Å². The van der Waals surface area contributed by atoms with Crippen molar-refractivity contribution in [1.82, 2.24) is 0 Å². The molecule has 5 aromatic carbocycles. The van der Waals surface area contributed by atoms with E-state index in [0.29, 0.717) is 49.1 Å². The molecule has 0 saturated carbocycles. The van der Waals surface area contributed by atoms with Crippen LogP contribution in [-0.4, -0.2) is 37.6 Å². The van der Waals surface area contributed by atoms with Crippen LogP contribution in [0, 0.1) is 0 Å². The predicted octanol–water partition coefficient (Wildman–Crippen LogP) is 10.2. The molecule has 270 valence electrons. The third-order valence-electron chi connectivity index (χ3n) is 8.87. The van der Waals surface area contributed by atoms with Gasteiger partial charge in [0, 0.05) is 15.9 Å². The van der Waals surface area contributed by atoms with Crippen LogP contribution >= 0.6 is 27.5 Å². The molecule has 6 rings (SSSR count). The summed E-state index contributed by atoms with van der Waals surface area (Å²) < 4.78 is 40.4. The summed E-state index contributed by atoms with van der Waals surface area (Å²) in [4.78, 5) is 0. The Morgan fingerprint density at radius 3 is 1.62 bits per heavy atom. The van der Waals surface area contributed by atoms with Crippen LogP contribution in [0.25, 0.3) is 0 Å². The van der Waals surface area contributed by atoms with Crippen molar-refractivity contribution in [3.05, 3.63) is 185 Å². The zero-order chi connectivity index (χ0) is 36.0. The largest absolute Gasteiger partial charge is 0.489 e. The maximum atomic E-state index is 7.14. The molecule has 1 heterocycles. The molecule has 0 aromatic heterocycles. The fraction of sp³-hybridized carbons (Fsp3) is 0.273. The van der Waals surface area contributed by atoms with E-state index in [4.69, 9.17) is 40.0 Å². The van der Waals surface area contributed by atoms with Crippen molar-refractivity contribution in [3.63, 3.8) is 0 Å². The van der Waals surface area contributed by atoms with E-state index in [1.165, 1.54) is 0 Å². The molecular weight excluding hydrogens is 740 g/mol. The van der Waals surface area contributed by atoms with Gasteiger partial charge in [0.1, 0.15) is 42.9 Å². The van der Waals surface area contributed by atoms with E-state index in [9.17, 15) is 0 Å². The first-order valence-electron chi connectivity index (χ1n) is 17.5. The van der Waals surface area contributed by atoms with Gasteiger partial charge < -0.3 is 28.4 Å². The Bertz CT molecular complexity index is 1790. The van der Waals surface area contributed by atoms with Crippen LogP contribution in [0.5, 0.6) is 5.75 Å². The van der Waals surface area contributed by atoms with Gasteiger partial charge in [-0.3, -0.25) is 0 Å². The highest BCUT2D eigenvalue weighted by atomic mass is 79.9. The molecule has 6 nitrogen and oxygen atoms in total. The number of rotatable bonds is 18. The summed E-state index contributed by atoms with van der Waals surface area (Å²) >= 11 is 10.4. The Labute approximate surface area is 320 Å². The van der Waals surface area contributed by atoms with E-state index in [2.05, 4.69) is 46.8 Å². The number of alkyl halides is 1. The fourth-order valence-electron chi connectivity index (χ4n) is 6.26. The summed E-state index contributed by atoms with van der Waals surface area (Å²) in [5.74, 6) is 0.585. The molecular formula is C44H44BrClO6. The SMILES string of the molecule is C=CCOc1cc(Cl)c(CBr)cc1C1O[C@H](COCc2ccccc2)[C@@H](OCc2ccccc2)[C@H](OCc2ccccc2)[C@H]1OCc1ccccc1. The zero-order valence-corrected chi connectivity index (χ0v) is 31.4. The molecule has 1 aliphatic heterocycles. The van der Waals surface area contributed by atoms with Crippen molar-refractivity contribution in [2.45, 2.75) is 62.3 Å². The van der Waals surface area contributed by atoms with Crippen molar-refractivity contribution in [2.24, 2.45) is 0 Å². The highest BCUT2D eigenvalue weighted by molar-refractivity contribution is 9.08. The van der Waals surface area contributed by atoms with Crippen molar-refractivity contribution in [3.8, 4) is 5.75 Å². The smallest absolute Gasteiger partial charge is 0.127 e. The molecule has 0 amide bonds. The van der Waals surface area contributed by atoms with E-state index in [0.717, 1.165) is 33.4 Å². The molecule has 0 N–H and O–H groups in total. The minimum Gasteiger partial charge on any atom is -0.489 e. The zero-order valence-electron chi connectivity index (χ0n) is 29.0. The Morgan fingerprint density at radius 2 is 1.12 bits per heavy atom. The third kappa shape index (κ3) is 10.4. The van der Waals surface area contributed by atoms with Crippen LogP contribution in [0.15, 0.2) is 146 Å². The Morgan fingerprint density at radius 1 is 0.635 bits per heavy atom. The molecule has 0 bridgehead atoms. The Kier molecular flexibility index (Phi) is 14.5. The van der Waals surface area contributed by atoms with Crippen LogP contribution in [-0.2, 0) is 55.4 Å². The van der Waals surface area contributed by atoms with Gasteiger partial charge in [0.2, 0.25) is 0 Å². The lowest BCUT2D eigenvalue weighted by atomic mass is 9.89. The summed E-state index contributed by atoms with van der Waals surface area (Å²) in [6.07, 6.45) is -1.22. The standard InChI is InChI=1S/C44H44BrClO6/c1-2-23-48-39-25-38(46)36(26-45)24-37(39)41-43(50-29-34-19-11-5-12-20-34)44(51-30-35-21-13-6-14-22-35)42(49-28-33-17-9-4-10-18-33)40(52-41)31-47-27-32-15-7-3-8-16-32/h2-22,24-25,40-44H,1,23,26-31H2/t40-,41?,42-,43+,44+/m1/s1. The van der Waals surface area contributed by atoms with Crippen molar-refractivity contribution < 1.29 is 28.4 Å². The number of benzene rings is 5. The highest BCUT2D eigenvalue weighted by Crippen LogP contribution is 2.43. The summed E-state index contributed by atoms with van der Waals surface area (Å²) in [7, 11) is 0. The second kappa shape index (κ2) is 19.9. The lowest BCUT2D eigenvalue weighted by Gasteiger charge is -2.46. The van der Waals surface area contributed by atoms with E-state index in [1.807, 2.05) is 109 Å². The summed E-state index contributed by atoms with van der Waals surface area (Å²) in [5.41, 5.74) is 5.86. The summed E-state index contributed by atoms with van der Waals surface area (Å²) in [5, 5.41) is 1.13. The van der Waals surface area contributed by atoms with Crippen LogP contribution in [0.1, 0.15) is 39.5 Å². The topological polar surface area (TPSA) is 55.4 Å². The lowest BCUT2D eigenvalue weighted by Crippen LogP contribution is -2.58. The highest BCUT2D eigenvalue weighted by Gasteiger charge is 2.49. The van der Waals surface area contributed by atoms with E-state index >= 15 is 0 Å². The molecule has 1 fully saturated rings. The van der Waals surface area contributed by atoms with Gasteiger partial charge in [-0.2, -0.15) is 0 Å². The summed E-state index contributed by atoms with van der Waals surface area (Å²) in [6, 6.07) is 44.3. The van der Waals surface area contributed by atoms with E-state index < -0.39 is 30.5 Å². The van der Waals surface area contributed by atoms with Crippen molar-refractivity contribution in [1.29, 1.82) is 0 Å². The monoisotopic (exact) mass is 782 g/mol. The quantitative estimate of drug-likeness (QED) is 0.0652. The fourth-order valence-corrected chi connectivity index (χ4v) is 7.10. The van der Waals surface area contributed by atoms with Crippen molar-refractivity contribution >= 4 is 27.5 Å². The second-order valence-corrected chi connectivity index (χ2v) is 13.6. The molecule has 5 atom stereocenters. The molecule has 52 heavy (non-hydrogen) atoms. The first-order valence-corrected chi connectivity index (χ1v) is 19.0. The average Bonchev–Trinajstić information content (AvgIpc) is 3.19. The van der Waals surface area contributed by atoms with Gasteiger partial charge in [-0.15, -0.1) is 0 Å². The summed E-state index contributed by atoms with van der Waals surface area (Å²) in [6.45, 7) is 5.87. The molecule has 8 heteroatoms. The van der Waals surface area contributed by atoms with Crippen LogP contribution in [0.3, 0.4) is 0 Å². The first-order chi connectivity index (χ1) is 25.6. The maximum Gasteiger partial charge on any atom is 0.127 e. The van der Waals surface area contributed by atoms with Crippen LogP contribution in [0.2, 0.25) is 5.02 Å². The van der Waals surface area contributed by atoms with Gasteiger partial charge in [-0.25, -0.2) is 0 Å². The van der Waals surface area contributed by atoms with Gasteiger partial charge in [-0.05, 0) is 39.9 Å². The van der Waals surface area contributed by atoms with Crippen LogP contribution < -0.4 is 4.74 Å². The number of hydrogen-bond donors (Lipinski definition) is 0. The maximum absolute atomic E-state index is 7.14. The number of ether oxygens (including phenoxy) is 6. The van der Waals surface area contributed by atoms with Crippen molar-refractivity contribution in [2.75, 3.05) is 13.2 Å². The molecule has 1 saturated heterocycles. The lowest BCUT2D eigenvalue weighted by molar-refractivity contribution is -0.275. The van der Waals surface area contributed by atoms with Gasteiger partial charge in [0.15, 0.2) is 0 Å². The van der Waals surface area contributed by atoms with Gasteiger partial charge in [0.05, 0.1) is 33.0 Å². The molecule has 1 unspecified atom stereocenters. The normalized spacial score (nSPS) is 20.0. The minimum atomic E-state index is -0.638. The molecule has 0 spiro atoms.